The Kier molecular flexibility index (Phi) is 7.91. The fourth-order valence-electron chi connectivity index (χ4n) is 5.70. The van der Waals surface area contributed by atoms with Crippen LogP contribution in [-0.2, 0) is 0 Å². The van der Waals surface area contributed by atoms with Gasteiger partial charge in [0.05, 0.1) is 0 Å². The monoisotopic (exact) mass is 515 g/mol. The lowest BCUT2D eigenvalue weighted by atomic mass is 9.49. The predicted octanol–water partition coefficient (Wildman–Crippen LogP) is 5.29. The van der Waals surface area contributed by atoms with Gasteiger partial charge in [0, 0.05) is 62.1 Å². The van der Waals surface area contributed by atoms with E-state index in [1.54, 1.807) is 12.1 Å². The molecular weight excluding hydrogens is 474 g/mol. The van der Waals surface area contributed by atoms with Gasteiger partial charge in [0.15, 0.2) is 0 Å². The van der Waals surface area contributed by atoms with E-state index in [0.29, 0.717) is 42.5 Å². The van der Waals surface area contributed by atoms with Crippen LogP contribution in [0.4, 0.5) is 15.3 Å². The van der Waals surface area contributed by atoms with Gasteiger partial charge in [-0.3, -0.25) is 4.90 Å². The fraction of sp³-hybridized carbons (Fsp3) is 0.643. The number of hydrogen-bond acceptors (Lipinski definition) is 3. The van der Waals surface area contributed by atoms with Crippen molar-refractivity contribution in [2.24, 2.45) is 17.3 Å². The highest BCUT2D eigenvalue weighted by atomic mass is 35.5. The van der Waals surface area contributed by atoms with Gasteiger partial charge in [-0.2, -0.15) is 0 Å². The highest BCUT2D eigenvalue weighted by molar-refractivity contribution is 6.30. The van der Waals surface area contributed by atoms with Crippen molar-refractivity contribution in [3.05, 3.63) is 40.9 Å². The Labute approximate surface area is 221 Å². The smallest absolute Gasteiger partial charge is 0.322 e. The molecule has 1 aromatic rings. The van der Waals surface area contributed by atoms with E-state index in [0.717, 1.165) is 37.7 Å². The van der Waals surface area contributed by atoms with Crippen LogP contribution in [0.2, 0.25) is 5.02 Å². The first-order valence-corrected chi connectivity index (χ1v) is 13.6. The second-order valence-corrected chi connectivity index (χ2v) is 12.6. The first-order valence-electron chi connectivity index (χ1n) is 13.2. The summed E-state index contributed by atoms with van der Waals surface area (Å²) in [5.74, 6) is 1.33. The van der Waals surface area contributed by atoms with E-state index in [9.17, 15) is 9.59 Å². The van der Waals surface area contributed by atoms with Gasteiger partial charge in [-0.25, -0.2) is 9.59 Å². The van der Waals surface area contributed by atoms with Crippen LogP contribution in [0.1, 0.15) is 47.5 Å². The summed E-state index contributed by atoms with van der Waals surface area (Å²) in [5.41, 5.74) is 2.23. The summed E-state index contributed by atoms with van der Waals surface area (Å²) in [7, 11) is 0. The Morgan fingerprint density at radius 3 is 2.36 bits per heavy atom. The van der Waals surface area contributed by atoms with Crippen LogP contribution in [0.15, 0.2) is 35.9 Å². The van der Waals surface area contributed by atoms with Crippen molar-refractivity contribution < 1.29 is 9.59 Å². The largest absolute Gasteiger partial charge is 0.333 e. The molecule has 3 aliphatic carbocycles. The normalized spacial score (nSPS) is 23.4. The van der Waals surface area contributed by atoms with E-state index in [1.165, 1.54) is 12.0 Å². The summed E-state index contributed by atoms with van der Waals surface area (Å²) in [5, 5.41) is 6.76. The molecule has 36 heavy (non-hydrogen) atoms. The van der Waals surface area contributed by atoms with Gasteiger partial charge in [-0.15, -0.1) is 0 Å². The maximum absolute atomic E-state index is 13.4. The van der Waals surface area contributed by atoms with Gasteiger partial charge < -0.3 is 20.4 Å². The molecular formula is C28H42ClN5O2. The summed E-state index contributed by atoms with van der Waals surface area (Å²) in [6.07, 6.45) is 4.73. The molecule has 1 heterocycles. The molecule has 2 atom stereocenters. The van der Waals surface area contributed by atoms with Gasteiger partial charge in [-0.05, 0) is 75.1 Å². The number of urea groups is 2. The predicted molar refractivity (Wildman–Crippen MR) is 146 cm³/mol. The van der Waals surface area contributed by atoms with Crippen molar-refractivity contribution in [2.45, 2.75) is 53.0 Å². The fourth-order valence-corrected chi connectivity index (χ4v) is 5.83. The second kappa shape index (κ2) is 10.6. The minimum atomic E-state index is -0.241. The Morgan fingerprint density at radius 1 is 1.11 bits per heavy atom. The minimum absolute atomic E-state index is 0.00299. The molecule has 4 amide bonds. The number of halogens is 1. The molecule has 198 valence electrons. The van der Waals surface area contributed by atoms with Crippen LogP contribution in [0.3, 0.4) is 0 Å². The lowest BCUT2D eigenvalue weighted by molar-refractivity contribution is -0.00969. The number of anilines is 1. The minimum Gasteiger partial charge on any atom is -0.333 e. The summed E-state index contributed by atoms with van der Waals surface area (Å²) >= 11 is 6.02. The Hall–Kier alpha value is -2.25. The van der Waals surface area contributed by atoms with E-state index in [-0.39, 0.29) is 17.6 Å². The number of nitrogens with zero attached hydrogens (tertiary/aromatic N) is 3. The molecule has 1 aliphatic heterocycles. The highest BCUT2D eigenvalue weighted by Gasteiger charge is 2.51. The molecule has 2 N–H and O–H groups in total. The lowest BCUT2D eigenvalue weighted by Crippen LogP contribution is -2.56. The van der Waals surface area contributed by atoms with Crippen molar-refractivity contribution in [1.29, 1.82) is 0 Å². The number of fused-ring (bicyclic) bond motifs is 1. The molecule has 0 spiro atoms. The van der Waals surface area contributed by atoms with E-state index in [1.807, 2.05) is 42.7 Å². The summed E-state index contributed by atoms with van der Waals surface area (Å²) < 4.78 is 0. The van der Waals surface area contributed by atoms with Gasteiger partial charge in [0.1, 0.15) is 0 Å². The zero-order valence-electron chi connectivity index (χ0n) is 22.4. The number of piperazine rings is 1. The molecule has 7 nitrogen and oxygen atoms in total. The topological polar surface area (TPSA) is 67.9 Å². The SMILES string of the molecule is CC(C)(C)NC(=O)N1CCN(CCN(CC2=CCC3CC2C3(C)C)C(=O)Nc2ccc(Cl)cc2)CC1. The summed E-state index contributed by atoms with van der Waals surface area (Å²) in [6.45, 7) is 15.8. The summed E-state index contributed by atoms with van der Waals surface area (Å²) in [4.78, 5) is 32.1. The molecule has 5 rings (SSSR count). The standard InChI is InChI=1S/C28H42ClN5O2/c1-27(2,3)31-26(36)33-15-12-32(13-16-33)14-17-34(25(35)30-23-10-8-22(29)9-11-23)19-20-6-7-21-18-24(20)28(21,4)5/h6,8-11,21,24H,7,12-19H2,1-5H3,(H,30,35)(H,31,36). The van der Waals surface area contributed by atoms with Gasteiger partial charge >= 0.3 is 12.1 Å². The second-order valence-electron chi connectivity index (χ2n) is 12.2. The maximum Gasteiger partial charge on any atom is 0.322 e. The first kappa shape index (κ1) is 26.8. The van der Waals surface area contributed by atoms with Crippen molar-refractivity contribution in [1.82, 2.24) is 20.0 Å². The quantitative estimate of drug-likeness (QED) is 0.506. The van der Waals surface area contributed by atoms with E-state index >= 15 is 0 Å². The van der Waals surface area contributed by atoms with Crippen molar-refractivity contribution in [2.75, 3.05) is 51.1 Å². The van der Waals surface area contributed by atoms with E-state index in [2.05, 4.69) is 35.5 Å². The number of carbonyl (C=O) groups excluding carboxylic acids is 2. The Bertz CT molecular complexity index is 977. The van der Waals surface area contributed by atoms with Gasteiger partial charge in [-0.1, -0.05) is 37.1 Å². The number of amides is 4. The van der Waals surface area contributed by atoms with Gasteiger partial charge in [0.25, 0.3) is 0 Å². The molecule has 4 aliphatic rings. The zero-order chi connectivity index (χ0) is 26.1. The molecule has 2 fully saturated rings. The number of benzene rings is 1. The molecule has 8 heteroatoms. The van der Waals surface area contributed by atoms with Crippen LogP contribution in [0.25, 0.3) is 0 Å². The molecule has 1 aromatic carbocycles. The van der Waals surface area contributed by atoms with Gasteiger partial charge in [0.2, 0.25) is 0 Å². The third-order valence-electron chi connectivity index (χ3n) is 8.17. The Balaban J connectivity index is 1.36. The van der Waals surface area contributed by atoms with Crippen molar-refractivity contribution >= 4 is 29.4 Å². The maximum atomic E-state index is 13.4. The van der Waals surface area contributed by atoms with E-state index < -0.39 is 0 Å². The average Bonchev–Trinajstić information content (AvgIpc) is 2.82. The molecule has 2 bridgehead atoms. The molecule has 0 radical (unpaired) electrons. The number of rotatable bonds is 6. The number of allylic oxidation sites excluding steroid dienone is 1. The van der Waals surface area contributed by atoms with Crippen molar-refractivity contribution in [3.8, 4) is 0 Å². The van der Waals surface area contributed by atoms with Crippen LogP contribution < -0.4 is 10.6 Å². The van der Waals surface area contributed by atoms with Crippen LogP contribution >= 0.6 is 11.6 Å². The zero-order valence-corrected chi connectivity index (χ0v) is 23.2. The van der Waals surface area contributed by atoms with Crippen LogP contribution in [-0.4, -0.2) is 78.1 Å². The van der Waals surface area contributed by atoms with Crippen molar-refractivity contribution in [3.63, 3.8) is 0 Å². The number of carbonyl (C=O) groups is 2. The third kappa shape index (κ3) is 6.35. The van der Waals surface area contributed by atoms with Crippen LogP contribution in [0.5, 0.6) is 0 Å². The first-order chi connectivity index (χ1) is 16.9. The number of nitrogens with one attached hydrogen (secondary N) is 2. The summed E-state index contributed by atoms with van der Waals surface area (Å²) in [6, 6.07) is 7.16. The van der Waals surface area contributed by atoms with E-state index in [4.69, 9.17) is 11.6 Å². The third-order valence-corrected chi connectivity index (χ3v) is 8.42. The molecule has 2 unspecified atom stereocenters. The molecule has 1 saturated carbocycles. The molecule has 1 saturated heterocycles. The molecule has 0 aromatic heterocycles. The highest BCUT2D eigenvalue weighted by Crippen LogP contribution is 2.59. The van der Waals surface area contributed by atoms with Crippen LogP contribution in [0, 0.1) is 17.3 Å². The average molecular weight is 516 g/mol. The number of hydrogen-bond donors (Lipinski definition) is 2. The lowest BCUT2D eigenvalue weighted by Gasteiger charge is -2.57. The Morgan fingerprint density at radius 2 is 1.78 bits per heavy atom.